The van der Waals surface area contributed by atoms with E-state index in [1.54, 1.807) is 0 Å². The second kappa shape index (κ2) is 3.40. The van der Waals surface area contributed by atoms with E-state index >= 15 is 0 Å². The van der Waals surface area contributed by atoms with Crippen LogP contribution in [0.5, 0.6) is 0 Å². The van der Waals surface area contributed by atoms with Gasteiger partial charge in [-0.15, -0.1) is 0 Å². The number of aromatic nitrogens is 3. The Balaban J connectivity index is 2.61. The third kappa shape index (κ3) is 1.97. The SMILES string of the molecule is SCCc1ncncn1. The van der Waals surface area contributed by atoms with Gasteiger partial charge >= 0.3 is 0 Å². The fourth-order valence-corrected chi connectivity index (χ4v) is 0.692. The third-order valence-electron chi connectivity index (χ3n) is 0.882. The van der Waals surface area contributed by atoms with Crippen molar-refractivity contribution in [2.45, 2.75) is 6.42 Å². The minimum absolute atomic E-state index is 0.782. The Morgan fingerprint density at radius 3 is 2.56 bits per heavy atom. The quantitative estimate of drug-likeness (QED) is 0.604. The molecule has 1 heterocycles. The summed E-state index contributed by atoms with van der Waals surface area (Å²) in [5.41, 5.74) is 0. The Bertz CT molecular complexity index is 165. The largest absolute Gasteiger partial charge is 0.225 e. The van der Waals surface area contributed by atoms with Crippen LogP contribution in [-0.4, -0.2) is 20.7 Å². The van der Waals surface area contributed by atoms with E-state index < -0.39 is 0 Å². The van der Waals surface area contributed by atoms with Crippen LogP contribution in [0.15, 0.2) is 12.7 Å². The molecule has 1 aromatic rings. The predicted molar refractivity (Wildman–Crippen MR) is 37.4 cm³/mol. The average Bonchev–Trinajstić information content (AvgIpc) is 1.91. The minimum Gasteiger partial charge on any atom is -0.225 e. The highest BCUT2D eigenvalue weighted by Crippen LogP contribution is 1.87. The lowest BCUT2D eigenvalue weighted by atomic mass is 10.5. The van der Waals surface area contributed by atoms with E-state index in [1.807, 2.05) is 0 Å². The Hall–Kier alpha value is -0.640. The lowest BCUT2D eigenvalue weighted by molar-refractivity contribution is 0.903. The monoisotopic (exact) mass is 141 g/mol. The van der Waals surface area contributed by atoms with Crippen molar-refractivity contribution in [3.05, 3.63) is 18.5 Å². The lowest BCUT2D eigenvalue weighted by Crippen LogP contribution is -1.94. The zero-order chi connectivity index (χ0) is 6.53. The van der Waals surface area contributed by atoms with Crippen molar-refractivity contribution >= 4 is 12.6 Å². The van der Waals surface area contributed by atoms with Crippen LogP contribution in [0.3, 0.4) is 0 Å². The van der Waals surface area contributed by atoms with E-state index in [-0.39, 0.29) is 0 Å². The van der Waals surface area contributed by atoms with E-state index in [9.17, 15) is 0 Å². The van der Waals surface area contributed by atoms with Gasteiger partial charge in [-0.05, 0) is 5.75 Å². The molecule has 0 saturated heterocycles. The van der Waals surface area contributed by atoms with Crippen molar-refractivity contribution in [2.75, 3.05) is 5.75 Å². The standard InChI is InChI=1S/C5H7N3S/c9-2-1-5-7-3-6-4-8-5/h3-4,9H,1-2H2. The number of hydrogen-bond acceptors (Lipinski definition) is 4. The Labute approximate surface area is 59.0 Å². The first-order valence-corrected chi connectivity index (χ1v) is 3.28. The van der Waals surface area contributed by atoms with Gasteiger partial charge in [-0.2, -0.15) is 12.6 Å². The molecule has 1 aromatic heterocycles. The van der Waals surface area contributed by atoms with Gasteiger partial charge < -0.3 is 0 Å². The van der Waals surface area contributed by atoms with Crippen molar-refractivity contribution in [2.24, 2.45) is 0 Å². The van der Waals surface area contributed by atoms with E-state index in [0.29, 0.717) is 0 Å². The van der Waals surface area contributed by atoms with Gasteiger partial charge in [0.2, 0.25) is 0 Å². The summed E-state index contributed by atoms with van der Waals surface area (Å²) in [6, 6.07) is 0. The number of aryl methyl sites for hydroxylation is 1. The smallest absolute Gasteiger partial charge is 0.132 e. The third-order valence-corrected chi connectivity index (χ3v) is 1.11. The van der Waals surface area contributed by atoms with Crippen molar-refractivity contribution in [1.29, 1.82) is 0 Å². The summed E-state index contributed by atoms with van der Waals surface area (Å²) in [5.74, 6) is 1.59. The summed E-state index contributed by atoms with van der Waals surface area (Å²) in [6.07, 6.45) is 3.79. The Morgan fingerprint density at radius 1 is 1.33 bits per heavy atom. The van der Waals surface area contributed by atoms with Gasteiger partial charge in [0.25, 0.3) is 0 Å². The molecule has 0 amide bonds. The number of thiol groups is 1. The molecule has 0 atom stereocenters. The van der Waals surface area contributed by atoms with Crippen LogP contribution in [0, 0.1) is 0 Å². The molecule has 0 unspecified atom stereocenters. The fraction of sp³-hybridized carbons (Fsp3) is 0.400. The van der Waals surface area contributed by atoms with Crippen molar-refractivity contribution in [3.63, 3.8) is 0 Å². The van der Waals surface area contributed by atoms with Crippen molar-refractivity contribution < 1.29 is 0 Å². The van der Waals surface area contributed by atoms with Crippen molar-refractivity contribution in [3.8, 4) is 0 Å². The molecule has 9 heavy (non-hydrogen) atoms. The highest BCUT2D eigenvalue weighted by Gasteiger charge is 1.89. The minimum atomic E-state index is 0.782. The normalized spacial score (nSPS) is 9.44. The van der Waals surface area contributed by atoms with Gasteiger partial charge in [-0.25, -0.2) is 15.0 Å². The summed E-state index contributed by atoms with van der Waals surface area (Å²) in [4.78, 5) is 11.5. The van der Waals surface area contributed by atoms with E-state index in [2.05, 4.69) is 27.6 Å². The lowest BCUT2D eigenvalue weighted by Gasteiger charge is -1.90. The van der Waals surface area contributed by atoms with Crippen LogP contribution >= 0.6 is 12.6 Å². The number of hydrogen-bond donors (Lipinski definition) is 1. The van der Waals surface area contributed by atoms with Gasteiger partial charge in [0.1, 0.15) is 18.5 Å². The van der Waals surface area contributed by atoms with Crippen LogP contribution in [0.4, 0.5) is 0 Å². The van der Waals surface area contributed by atoms with Gasteiger partial charge in [0.05, 0.1) is 0 Å². The maximum atomic E-state index is 4.03. The van der Waals surface area contributed by atoms with E-state index in [1.165, 1.54) is 12.7 Å². The number of rotatable bonds is 2. The van der Waals surface area contributed by atoms with Crippen LogP contribution in [0.1, 0.15) is 5.82 Å². The molecule has 0 saturated carbocycles. The average molecular weight is 141 g/mol. The van der Waals surface area contributed by atoms with Gasteiger partial charge in [0.15, 0.2) is 0 Å². The van der Waals surface area contributed by atoms with Crippen LogP contribution in [0.2, 0.25) is 0 Å². The molecule has 48 valence electrons. The topological polar surface area (TPSA) is 38.7 Å². The molecular formula is C5H7N3S. The molecule has 0 aliphatic carbocycles. The molecule has 4 heteroatoms. The van der Waals surface area contributed by atoms with Gasteiger partial charge in [-0.3, -0.25) is 0 Å². The molecule has 0 aliphatic rings. The molecular weight excluding hydrogens is 134 g/mol. The molecule has 0 fully saturated rings. The summed E-state index contributed by atoms with van der Waals surface area (Å²) in [6.45, 7) is 0. The zero-order valence-electron chi connectivity index (χ0n) is 4.86. The molecule has 0 spiro atoms. The van der Waals surface area contributed by atoms with Crippen LogP contribution < -0.4 is 0 Å². The molecule has 0 aromatic carbocycles. The summed E-state index contributed by atoms with van der Waals surface area (Å²) >= 11 is 4.03. The van der Waals surface area contributed by atoms with Crippen LogP contribution in [0.25, 0.3) is 0 Å². The van der Waals surface area contributed by atoms with E-state index in [0.717, 1.165) is 18.0 Å². The first-order valence-electron chi connectivity index (χ1n) is 2.65. The second-order valence-corrected chi connectivity index (χ2v) is 1.98. The molecule has 0 N–H and O–H groups in total. The predicted octanol–water partition coefficient (Wildman–Crippen LogP) is 0.344. The van der Waals surface area contributed by atoms with Crippen LogP contribution in [-0.2, 0) is 6.42 Å². The Kier molecular flexibility index (Phi) is 2.45. The fourth-order valence-electron chi connectivity index (χ4n) is 0.492. The number of nitrogens with zero attached hydrogens (tertiary/aromatic N) is 3. The molecule has 0 radical (unpaired) electrons. The molecule has 1 rings (SSSR count). The molecule has 0 aliphatic heterocycles. The summed E-state index contributed by atoms with van der Waals surface area (Å²) in [7, 11) is 0. The van der Waals surface area contributed by atoms with Crippen molar-refractivity contribution in [1.82, 2.24) is 15.0 Å². The highest BCUT2D eigenvalue weighted by atomic mass is 32.1. The van der Waals surface area contributed by atoms with Gasteiger partial charge in [0, 0.05) is 6.42 Å². The maximum Gasteiger partial charge on any atom is 0.132 e. The molecule has 0 bridgehead atoms. The van der Waals surface area contributed by atoms with Gasteiger partial charge in [-0.1, -0.05) is 0 Å². The molecule has 3 nitrogen and oxygen atoms in total. The second-order valence-electron chi connectivity index (χ2n) is 1.53. The maximum absolute atomic E-state index is 4.03. The summed E-state index contributed by atoms with van der Waals surface area (Å²) < 4.78 is 0. The highest BCUT2D eigenvalue weighted by molar-refractivity contribution is 7.80. The zero-order valence-corrected chi connectivity index (χ0v) is 5.75. The van der Waals surface area contributed by atoms with E-state index in [4.69, 9.17) is 0 Å². The Morgan fingerprint density at radius 2 is 2.00 bits per heavy atom. The first-order chi connectivity index (χ1) is 4.43. The summed E-state index contributed by atoms with van der Waals surface area (Å²) in [5, 5.41) is 0. The first kappa shape index (κ1) is 6.48.